The molecular formula is C13H20ClNO. The van der Waals surface area contributed by atoms with E-state index >= 15 is 0 Å². The molecule has 1 rings (SSSR count). The fourth-order valence-electron chi connectivity index (χ4n) is 1.55. The molecule has 0 spiro atoms. The number of hydrogen-bond acceptors (Lipinski definition) is 2. The zero-order valence-corrected chi connectivity index (χ0v) is 10.7. The molecule has 3 heteroatoms. The van der Waals surface area contributed by atoms with Gasteiger partial charge in [-0.3, -0.25) is 0 Å². The van der Waals surface area contributed by atoms with Crippen molar-refractivity contribution in [2.75, 3.05) is 6.61 Å². The van der Waals surface area contributed by atoms with E-state index in [2.05, 4.69) is 11.9 Å². The summed E-state index contributed by atoms with van der Waals surface area (Å²) in [6, 6.07) is 3.58. The summed E-state index contributed by atoms with van der Waals surface area (Å²) < 4.78 is 5.57. The van der Waals surface area contributed by atoms with Crippen molar-refractivity contribution in [1.29, 1.82) is 0 Å². The molecule has 0 aromatic carbocycles. The van der Waals surface area contributed by atoms with E-state index in [1.54, 1.807) is 12.3 Å². The van der Waals surface area contributed by atoms with Crippen molar-refractivity contribution in [2.45, 2.75) is 45.4 Å². The Bertz CT molecular complexity index is 291. The van der Waals surface area contributed by atoms with E-state index in [0.29, 0.717) is 5.15 Å². The van der Waals surface area contributed by atoms with E-state index in [-0.39, 0.29) is 0 Å². The van der Waals surface area contributed by atoms with Gasteiger partial charge in [0.05, 0.1) is 6.61 Å². The smallest absolute Gasteiger partial charge is 0.132 e. The second kappa shape index (κ2) is 8.40. The fraction of sp³-hybridized carbons (Fsp3) is 0.615. The summed E-state index contributed by atoms with van der Waals surface area (Å²) in [5.41, 5.74) is 0. The Hall–Kier alpha value is -0.760. The van der Waals surface area contributed by atoms with Crippen molar-refractivity contribution >= 4 is 11.6 Å². The average molecular weight is 242 g/mol. The van der Waals surface area contributed by atoms with Crippen LogP contribution < -0.4 is 4.74 Å². The molecule has 1 aromatic heterocycles. The molecule has 0 unspecified atom stereocenters. The van der Waals surface area contributed by atoms with Crippen LogP contribution in [0.3, 0.4) is 0 Å². The van der Waals surface area contributed by atoms with Crippen LogP contribution in [0.25, 0.3) is 0 Å². The van der Waals surface area contributed by atoms with E-state index in [1.807, 2.05) is 6.07 Å². The third-order valence-corrected chi connectivity index (χ3v) is 2.67. The lowest BCUT2D eigenvalue weighted by atomic mass is 10.1. The molecule has 0 aliphatic rings. The number of nitrogens with zero attached hydrogens (tertiary/aromatic N) is 1. The SMILES string of the molecule is CCCCCCCCOc1ccnc(Cl)c1. The number of halogens is 1. The number of unbranched alkanes of at least 4 members (excludes halogenated alkanes) is 5. The lowest BCUT2D eigenvalue weighted by Crippen LogP contribution is -1.97. The molecule has 0 saturated carbocycles. The molecule has 2 nitrogen and oxygen atoms in total. The third kappa shape index (κ3) is 5.96. The van der Waals surface area contributed by atoms with Gasteiger partial charge in [-0.2, -0.15) is 0 Å². The van der Waals surface area contributed by atoms with Gasteiger partial charge in [0, 0.05) is 12.3 Å². The topological polar surface area (TPSA) is 22.1 Å². The Morgan fingerprint density at radius 3 is 2.69 bits per heavy atom. The first-order valence-electron chi connectivity index (χ1n) is 6.07. The Labute approximate surface area is 103 Å². The second-order valence-corrected chi connectivity index (χ2v) is 4.32. The van der Waals surface area contributed by atoms with Crippen molar-refractivity contribution in [3.63, 3.8) is 0 Å². The zero-order valence-electron chi connectivity index (χ0n) is 9.92. The number of rotatable bonds is 8. The lowest BCUT2D eigenvalue weighted by Gasteiger charge is -2.05. The number of pyridine rings is 1. The third-order valence-electron chi connectivity index (χ3n) is 2.46. The van der Waals surface area contributed by atoms with Crippen molar-refractivity contribution in [3.05, 3.63) is 23.5 Å². The first kappa shape index (κ1) is 13.3. The normalized spacial score (nSPS) is 10.4. The average Bonchev–Trinajstić information content (AvgIpc) is 2.28. The first-order chi connectivity index (χ1) is 7.83. The van der Waals surface area contributed by atoms with E-state index in [1.165, 1.54) is 32.1 Å². The molecule has 16 heavy (non-hydrogen) atoms. The van der Waals surface area contributed by atoms with Crippen LogP contribution in [0.4, 0.5) is 0 Å². The van der Waals surface area contributed by atoms with Gasteiger partial charge in [-0.1, -0.05) is 50.6 Å². The summed E-state index contributed by atoms with van der Waals surface area (Å²) in [5, 5.41) is 0.487. The van der Waals surface area contributed by atoms with E-state index in [4.69, 9.17) is 16.3 Å². The Kier molecular flexibility index (Phi) is 6.98. The molecule has 1 heterocycles. The van der Waals surface area contributed by atoms with E-state index in [0.717, 1.165) is 18.8 Å². The van der Waals surface area contributed by atoms with Crippen molar-refractivity contribution < 1.29 is 4.74 Å². The van der Waals surface area contributed by atoms with Gasteiger partial charge in [-0.15, -0.1) is 0 Å². The highest BCUT2D eigenvalue weighted by molar-refractivity contribution is 6.29. The van der Waals surface area contributed by atoms with Gasteiger partial charge in [0.1, 0.15) is 10.9 Å². The molecule has 90 valence electrons. The monoisotopic (exact) mass is 241 g/mol. The van der Waals surface area contributed by atoms with Crippen LogP contribution in [0.5, 0.6) is 5.75 Å². The number of ether oxygens (including phenoxy) is 1. The van der Waals surface area contributed by atoms with E-state index < -0.39 is 0 Å². The summed E-state index contributed by atoms with van der Waals surface area (Å²) in [6.45, 7) is 3.00. The van der Waals surface area contributed by atoms with Gasteiger partial charge in [-0.25, -0.2) is 4.98 Å². The van der Waals surface area contributed by atoms with Crippen LogP contribution >= 0.6 is 11.6 Å². The quantitative estimate of drug-likeness (QED) is 0.495. The van der Waals surface area contributed by atoms with E-state index in [9.17, 15) is 0 Å². The van der Waals surface area contributed by atoms with Gasteiger partial charge in [0.2, 0.25) is 0 Å². The molecule has 0 bridgehead atoms. The minimum atomic E-state index is 0.487. The molecular weight excluding hydrogens is 222 g/mol. The highest BCUT2D eigenvalue weighted by atomic mass is 35.5. The molecule has 0 amide bonds. The highest BCUT2D eigenvalue weighted by Gasteiger charge is 1.95. The summed E-state index contributed by atoms with van der Waals surface area (Å²) in [5.74, 6) is 0.813. The Balaban J connectivity index is 2.03. The Morgan fingerprint density at radius 1 is 1.19 bits per heavy atom. The minimum absolute atomic E-state index is 0.487. The second-order valence-electron chi connectivity index (χ2n) is 3.93. The Morgan fingerprint density at radius 2 is 1.94 bits per heavy atom. The van der Waals surface area contributed by atoms with Crippen molar-refractivity contribution in [3.8, 4) is 5.75 Å². The highest BCUT2D eigenvalue weighted by Crippen LogP contribution is 2.15. The predicted molar refractivity (Wildman–Crippen MR) is 68.1 cm³/mol. The maximum Gasteiger partial charge on any atom is 0.132 e. The minimum Gasteiger partial charge on any atom is -0.493 e. The molecule has 0 saturated heterocycles. The van der Waals surface area contributed by atoms with Crippen LogP contribution in [0, 0.1) is 0 Å². The molecule has 0 N–H and O–H groups in total. The van der Waals surface area contributed by atoms with Crippen molar-refractivity contribution in [1.82, 2.24) is 4.98 Å². The van der Waals surface area contributed by atoms with Crippen LogP contribution in [0.1, 0.15) is 45.4 Å². The van der Waals surface area contributed by atoms with Crippen LogP contribution in [0.15, 0.2) is 18.3 Å². The first-order valence-corrected chi connectivity index (χ1v) is 6.45. The largest absolute Gasteiger partial charge is 0.493 e. The van der Waals surface area contributed by atoms with Gasteiger partial charge in [-0.05, 0) is 12.5 Å². The molecule has 0 fully saturated rings. The molecule has 0 aliphatic carbocycles. The maximum absolute atomic E-state index is 5.75. The maximum atomic E-state index is 5.75. The van der Waals surface area contributed by atoms with Crippen LogP contribution in [0.2, 0.25) is 5.15 Å². The molecule has 0 atom stereocenters. The van der Waals surface area contributed by atoms with Gasteiger partial charge in [0.15, 0.2) is 0 Å². The molecule has 0 aliphatic heterocycles. The fourth-order valence-corrected chi connectivity index (χ4v) is 1.71. The standard InChI is InChI=1S/C13H20ClNO/c1-2-3-4-5-6-7-10-16-12-8-9-15-13(14)11-12/h8-9,11H,2-7,10H2,1H3. The zero-order chi connectivity index (χ0) is 11.6. The van der Waals surface area contributed by atoms with Crippen molar-refractivity contribution in [2.24, 2.45) is 0 Å². The summed E-state index contributed by atoms with van der Waals surface area (Å²) in [6.07, 6.45) is 9.33. The van der Waals surface area contributed by atoms with Gasteiger partial charge in [0.25, 0.3) is 0 Å². The molecule has 1 aromatic rings. The summed E-state index contributed by atoms with van der Waals surface area (Å²) in [4.78, 5) is 3.90. The lowest BCUT2D eigenvalue weighted by molar-refractivity contribution is 0.304. The number of aromatic nitrogens is 1. The summed E-state index contributed by atoms with van der Waals surface area (Å²) >= 11 is 5.75. The van der Waals surface area contributed by atoms with Gasteiger partial charge >= 0.3 is 0 Å². The number of hydrogen-bond donors (Lipinski definition) is 0. The van der Waals surface area contributed by atoms with Crippen LogP contribution in [-0.2, 0) is 0 Å². The van der Waals surface area contributed by atoms with Gasteiger partial charge < -0.3 is 4.74 Å². The predicted octanol–water partition coefficient (Wildman–Crippen LogP) is 4.47. The summed E-state index contributed by atoms with van der Waals surface area (Å²) in [7, 11) is 0. The van der Waals surface area contributed by atoms with Crippen LogP contribution in [-0.4, -0.2) is 11.6 Å². The molecule has 0 radical (unpaired) electrons.